The summed E-state index contributed by atoms with van der Waals surface area (Å²) in [6, 6.07) is 11.8. The van der Waals surface area contributed by atoms with Crippen molar-refractivity contribution in [2.24, 2.45) is 0 Å². The van der Waals surface area contributed by atoms with Gasteiger partial charge in [-0.2, -0.15) is 5.06 Å². The quantitative estimate of drug-likeness (QED) is 0.256. The van der Waals surface area contributed by atoms with Crippen LogP contribution in [0.25, 0.3) is 5.69 Å². The normalized spacial score (nSPS) is 16.8. The maximum absolute atomic E-state index is 14.0. The number of amides is 3. The van der Waals surface area contributed by atoms with Crippen molar-refractivity contribution in [2.75, 3.05) is 52.2 Å². The molecule has 3 amide bonds. The number of anilines is 1. The van der Waals surface area contributed by atoms with Crippen molar-refractivity contribution in [1.82, 2.24) is 30.4 Å². The van der Waals surface area contributed by atoms with Crippen LogP contribution in [0.1, 0.15) is 37.0 Å². The molecule has 1 saturated heterocycles. The van der Waals surface area contributed by atoms with Gasteiger partial charge in [-0.15, -0.1) is 5.10 Å². The van der Waals surface area contributed by atoms with E-state index in [-0.39, 0.29) is 12.5 Å². The summed E-state index contributed by atoms with van der Waals surface area (Å²) in [5.41, 5.74) is 1.72. The second-order valence-corrected chi connectivity index (χ2v) is 10.5. The van der Waals surface area contributed by atoms with Gasteiger partial charge in [0, 0.05) is 32.6 Å². The zero-order chi connectivity index (χ0) is 30.9. The zero-order valence-corrected chi connectivity index (χ0v) is 24.9. The van der Waals surface area contributed by atoms with E-state index in [9.17, 15) is 18.4 Å². The maximum atomic E-state index is 14.0. The molecule has 2 aromatic carbocycles. The van der Waals surface area contributed by atoms with Crippen LogP contribution in [0.4, 0.5) is 19.4 Å². The minimum absolute atomic E-state index is 0.0461. The minimum Gasteiger partial charge on any atom is -0.476 e. The number of benzene rings is 2. The second-order valence-electron chi connectivity index (χ2n) is 10.5. The van der Waals surface area contributed by atoms with Crippen LogP contribution in [0.2, 0.25) is 0 Å². The number of hydrogen-bond donors (Lipinski definition) is 3. The number of hydrogen-bond acceptors (Lipinski definition) is 7. The van der Waals surface area contributed by atoms with Gasteiger partial charge in [0.25, 0.3) is 0 Å². The minimum atomic E-state index is -0.987. The highest BCUT2D eigenvalue weighted by Gasteiger charge is 2.36. The van der Waals surface area contributed by atoms with E-state index in [0.717, 1.165) is 18.7 Å². The molecule has 1 aliphatic heterocycles. The van der Waals surface area contributed by atoms with Gasteiger partial charge in [-0.3, -0.25) is 14.9 Å². The number of carbonyl (C=O) groups is 2. The fourth-order valence-corrected chi connectivity index (χ4v) is 4.64. The van der Waals surface area contributed by atoms with Gasteiger partial charge in [0.15, 0.2) is 11.6 Å². The first-order chi connectivity index (χ1) is 20.7. The van der Waals surface area contributed by atoms with Gasteiger partial charge in [0.2, 0.25) is 11.8 Å². The van der Waals surface area contributed by atoms with E-state index in [2.05, 4.69) is 21.0 Å². The summed E-state index contributed by atoms with van der Waals surface area (Å²) in [6.07, 6.45) is 0.103. The number of hydroxylamine groups is 2. The summed E-state index contributed by atoms with van der Waals surface area (Å²) in [4.78, 5) is 33.3. The number of likely N-dealkylation sites (N-methyl/N-ethyl adjacent to an activating group) is 2. The smallest absolute Gasteiger partial charge is 0.320 e. The summed E-state index contributed by atoms with van der Waals surface area (Å²) in [5, 5.41) is 14.9. The molecule has 4 rings (SSSR count). The van der Waals surface area contributed by atoms with Crippen molar-refractivity contribution in [3.05, 3.63) is 71.3 Å². The van der Waals surface area contributed by atoms with E-state index in [1.807, 2.05) is 56.3 Å². The Morgan fingerprint density at radius 3 is 2.60 bits per heavy atom. The second kappa shape index (κ2) is 14.9. The molecular weight excluding hydrogens is 560 g/mol. The molecule has 0 radical (unpaired) electrons. The Labute approximate surface area is 250 Å². The van der Waals surface area contributed by atoms with Crippen molar-refractivity contribution in [1.29, 1.82) is 0 Å². The lowest BCUT2D eigenvalue weighted by molar-refractivity contribution is -0.144. The van der Waals surface area contributed by atoms with Gasteiger partial charge in [-0.05, 0) is 57.3 Å². The average Bonchev–Trinajstić information content (AvgIpc) is 3.53. The zero-order valence-electron chi connectivity index (χ0n) is 24.9. The maximum Gasteiger partial charge on any atom is 0.320 e. The standard InChI is InChI=1S/C30H39F2N7O4/c1-5-38-19-25(27(43-38)21-13-14-23(31)24(32)18-21)34-30(41)35-28-20(2)29(36-39(28)22-10-7-6-8-11-22)42-17-9-12-26(40)33-15-16-37(3)4/h6-8,10-11,13-14,18,25,27H,5,9,12,15-17,19H2,1-4H3,(H,33,40)(H2,34,35,41)/t25-,27+/m1/s1. The Hall–Kier alpha value is -4.07. The van der Waals surface area contributed by atoms with Crippen LogP contribution in [-0.2, 0) is 9.63 Å². The topological polar surface area (TPSA) is 113 Å². The Morgan fingerprint density at radius 2 is 1.91 bits per heavy atom. The lowest BCUT2D eigenvalue weighted by Gasteiger charge is -2.19. The highest BCUT2D eigenvalue weighted by Crippen LogP contribution is 2.31. The number of halogens is 2. The molecule has 0 saturated carbocycles. The van der Waals surface area contributed by atoms with Crippen LogP contribution in [0, 0.1) is 18.6 Å². The van der Waals surface area contributed by atoms with Crippen LogP contribution >= 0.6 is 0 Å². The van der Waals surface area contributed by atoms with Gasteiger partial charge in [-0.1, -0.05) is 31.2 Å². The number of carbonyl (C=O) groups excluding carboxylic acids is 2. The van der Waals surface area contributed by atoms with E-state index < -0.39 is 29.8 Å². The van der Waals surface area contributed by atoms with Crippen molar-refractivity contribution in [2.45, 2.75) is 38.8 Å². The summed E-state index contributed by atoms with van der Waals surface area (Å²) < 4.78 is 35.0. The number of nitrogens with one attached hydrogen (secondary N) is 3. The van der Waals surface area contributed by atoms with E-state index in [1.165, 1.54) is 6.07 Å². The molecule has 1 aliphatic rings. The predicted molar refractivity (Wildman–Crippen MR) is 158 cm³/mol. The van der Waals surface area contributed by atoms with Gasteiger partial charge >= 0.3 is 6.03 Å². The third kappa shape index (κ3) is 8.49. The summed E-state index contributed by atoms with van der Waals surface area (Å²) >= 11 is 0. The Morgan fingerprint density at radius 1 is 1.14 bits per heavy atom. The molecule has 0 bridgehead atoms. The molecule has 0 spiro atoms. The van der Waals surface area contributed by atoms with E-state index >= 15 is 0 Å². The fourth-order valence-electron chi connectivity index (χ4n) is 4.64. The molecule has 1 fully saturated rings. The van der Waals surface area contributed by atoms with Crippen molar-refractivity contribution >= 4 is 17.8 Å². The number of para-hydroxylation sites is 1. The van der Waals surface area contributed by atoms with Crippen LogP contribution in [-0.4, -0.2) is 84.6 Å². The lowest BCUT2D eigenvalue weighted by atomic mass is 10.0. The molecular formula is C30H39F2N7O4. The first kappa shape index (κ1) is 31.9. The van der Waals surface area contributed by atoms with Crippen molar-refractivity contribution in [3.63, 3.8) is 0 Å². The SMILES string of the molecule is CCN1C[C@@H](NC(=O)Nc2c(C)c(OCCCC(=O)NCCN(C)C)nn2-c2ccccc2)[C@H](c2ccc(F)c(F)c2)O1. The fraction of sp³-hybridized carbons (Fsp3) is 0.433. The molecule has 232 valence electrons. The van der Waals surface area contributed by atoms with E-state index in [1.54, 1.807) is 16.7 Å². The Kier molecular flexibility index (Phi) is 11.0. The number of nitrogens with zero attached hydrogens (tertiary/aromatic N) is 4. The van der Waals surface area contributed by atoms with Gasteiger partial charge in [-0.25, -0.2) is 18.3 Å². The largest absolute Gasteiger partial charge is 0.476 e. The summed E-state index contributed by atoms with van der Waals surface area (Å²) in [5.74, 6) is -1.26. The van der Waals surface area contributed by atoms with Gasteiger partial charge < -0.3 is 20.3 Å². The molecule has 1 aromatic heterocycles. The van der Waals surface area contributed by atoms with Crippen molar-refractivity contribution in [3.8, 4) is 11.6 Å². The predicted octanol–water partition coefficient (Wildman–Crippen LogP) is 3.79. The van der Waals surface area contributed by atoms with Crippen LogP contribution < -0.4 is 20.7 Å². The Bertz CT molecular complexity index is 1390. The molecule has 2 heterocycles. The third-order valence-corrected chi connectivity index (χ3v) is 6.95. The highest BCUT2D eigenvalue weighted by atomic mass is 19.2. The van der Waals surface area contributed by atoms with Crippen LogP contribution in [0.15, 0.2) is 48.5 Å². The summed E-state index contributed by atoms with van der Waals surface area (Å²) in [7, 11) is 3.89. The first-order valence-corrected chi connectivity index (χ1v) is 14.3. The monoisotopic (exact) mass is 599 g/mol. The molecule has 13 heteroatoms. The highest BCUT2D eigenvalue weighted by molar-refractivity contribution is 5.90. The number of ether oxygens (including phenoxy) is 1. The van der Waals surface area contributed by atoms with Gasteiger partial charge in [0.1, 0.15) is 11.9 Å². The first-order valence-electron chi connectivity index (χ1n) is 14.3. The number of aromatic nitrogens is 2. The molecule has 11 nitrogen and oxygen atoms in total. The number of urea groups is 1. The number of rotatable bonds is 13. The molecule has 2 atom stereocenters. The van der Waals surface area contributed by atoms with Crippen LogP contribution in [0.5, 0.6) is 5.88 Å². The molecule has 43 heavy (non-hydrogen) atoms. The van der Waals surface area contributed by atoms with E-state index in [0.29, 0.717) is 61.0 Å². The molecule has 3 N–H and O–H groups in total. The molecule has 3 aromatic rings. The Balaban J connectivity index is 1.44. The van der Waals surface area contributed by atoms with Crippen molar-refractivity contribution < 1.29 is 27.9 Å². The lowest BCUT2D eigenvalue weighted by Crippen LogP contribution is -2.42. The van der Waals surface area contributed by atoms with Crippen LogP contribution in [0.3, 0.4) is 0 Å². The summed E-state index contributed by atoms with van der Waals surface area (Å²) in [6.45, 7) is 6.17. The molecule has 0 aliphatic carbocycles. The van der Waals surface area contributed by atoms with Gasteiger partial charge in [0.05, 0.1) is 23.9 Å². The third-order valence-electron chi connectivity index (χ3n) is 6.95. The van der Waals surface area contributed by atoms with E-state index in [4.69, 9.17) is 9.57 Å². The molecule has 0 unspecified atom stereocenters. The average molecular weight is 600 g/mol.